The van der Waals surface area contributed by atoms with Crippen LogP contribution in [0.15, 0.2) is 314 Å². The van der Waals surface area contributed by atoms with Crippen molar-refractivity contribution >= 4 is 215 Å². The summed E-state index contributed by atoms with van der Waals surface area (Å²) in [5.41, 5.74) is 22.7. The number of anilines is 4. The highest BCUT2D eigenvalue weighted by atomic mass is 35.7. The van der Waals surface area contributed by atoms with E-state index in [4.69, 9.17) is 152 Å². The van der Waals surface area contributed by atoms with E-state index in [1.807, 2.05) is 164 Å². The fourth-order valence-electron chi connectivity index (χ4n) is 11.7. The van der Waals surface area contributed by atoms with Gasteiger partial charge in [-0.25, -0.2) is 77.0 Å². The lowest BCUT2D eigenvalue weighted by Crippen LogP contribution is -2.17. The minimum atomic E-state index is -4.19. The van der Waals surface area contributed by atoms with Crippen LogP contribution in [0.4, 0.5) is 22.7 Å². The molecular formula is C88H85Cl12N26O14S6+. The van der Waals surface area contributed by atoms with Crippen molar-refractivity contribution in [2.45, 2.75) is 82.9 Å². The van der Waals surface area contributed by atoms with Crippen molar-refractivity contribution in [1.29, 1.82) is 0 Å². The molecule has 0 unspecified atom stereocenters. The lowest BCUT2D eigenvalue weighted by atomic mass is 10.1. The second-order valence-corrected chi connectivity index (χ2v) is 43.6. The van der Waals surface area contributed by atoms with Crippen LogP contribution in [0.1, 0.15) is 51.9 Å². The average Bonchev–Trinajstić information content (AvgIpc) is 1.61. The fraction of sp³-hybridized carbons (Fsp3) is 0.102. The first-order valence-electron chi connectivity index (χ1n) is 40.1. The Morgan fingerprint density at radius 2 is 0.616 bits per heavy atom. The molecule has 1 aliphatic rings. The van der Waals surface area contributed by atoms with E-state index in [2.05, 4.69) is 129 Å². The maximum absolute atomic E-state index is 12.8. The van der Waals surface area contributed by atoms with Crippen LogP contribution in [0.5, 0.6) is 0 Å². The van der Waals surface area contributed by atoms with Gasteiger partial charge < -0.3 is 16.0 Å². The number of hydrogen-bond donors (Lipinski definition) is 7. The van der Waals surface area contributed by atoms with Gasteiger partial charge in [-0.2, -0.15) is 53.6 Å². The highest BCUT2D eigenvalue weighted by Gasteiger charge is 2.24. The van der Waals surface area contributed by atoms with Gasteiger partial charge in [0.25, 0.3) is 38.1 Å². The van der Waals surface area contributed by atoms with Crippen molar-refractivity contribution in [2.24, 2.45) is 0 Å². The molecule has 9 N–H and O–H groups in total. The van der Waals surface area contributed by atoms with E-state index < -0.39 is 56.8 Å². The number of aromatic nitrogens is 21. The third-order valence-corrected chi connectivity index (χ3v) is 23.5. The molecule has 0 saturated carbocycles. The summed E-state index contributed by atoms with van der Waals surface area (Å²) in [4.78, 5) is 57.9. The molecule has 0 saturated heterocycles. The normalized spacial score (nSPS) is 10.9. The van der Waals surface area contributed by atoms with E-state index in [9.17, 15) is 33.7 Å². The Balaban J connectivity index is 0.000000251. The summed E-state index contributed by atoms with van der Waals surface area (Å²) < 4.78 is 160. The minimum Gasteiger partial charge on any atom is -0.399 e. The molecule has 40 nitrogen and oxygen atoms in total. The molecule has 146 heavy (non-hydrogen) atoms. The van der Waals surface area contributed by atoms with Gasteiger partial charge in [-0.3, -0.25) is 41.4 Å². The Morgan fingerprint density at radius 3 is 0.932 bits per heavy atom. The van der Waals surface area contributed by atoms with Crippen molar-refractivity contribution in [3.05, 3.63) is 386 Å². The van der Waals surface area contributed by atoms with Crippen LogP contribution in [0.2, 0.25) is 41.9 Å². The van der Waals surface area contributed by atoms with Gasteiger partial charge in [-0.05, 0) is 316 Å². The van der Waals surface area contributed by atoms with Crippen LogP contribution < -0.4 is 26.2 Å². The number of aryl methyl sites for hydroxylation is 8. The van der Waals surface area contributed by atoms with E-state index in [-0.39, 0.29) is 76.2 Å². The van der Waals surface area contributed by atoms with Crippen molar-refractivity contribution in [1.82, 2.24) is 107 Å². The maximum atomic E-state index is 12.8. The largest absolute Gasteiger partial charge is 0.399 e. The Morgan fingerprint density at radius 1 is 0.322 bits per heavy atom. The predicted molar refractivity (Wildman–Crippen MR) is 570 cm³/mol. The van der Waals surface area contributed by atoms with Gasteiger partial charge in [0.05, 0.1) is 0 Å². The zero-order chi connectivity index (χ0) is 107. The van der Waals surface area contributed by atoms with Gasteiger partial charge in [0.2, 0.25) is 44.3 Å². The monoisotopic (exact) mass is 2340 g/mol. The van der Waals surface area contributed by atoms with E-state index in [1.165, 1.54) is 139 Å². The van der Waals surface area contributed by atoms with Crippen molar-refractivity contribution in [3.8, 4) is 35.3 Å². The Hall–Kier alpha value is -12.5. The molecule has 17 aromatic rings. The number of nitrogen functional groups attached to an aromatic ring is 2. The Kier molecular flexibility index (Phi) is 48.7. The number of nitrogens with one attached hydrogen (secondary N) is 3. The summed E-state index contributed by atoms with van der Waals surface area (Å²) in [6, 6.07) is 52.3. The van der Waals surface area contributed by atoms with E-state index in [0.717, 1.165) is 39.4 Å². The molecule has 0 atom stereocenters. The predicted octanol–water partition coefficient (Wildman–Crippen LogP) is 20.3. The van der Waals surface area contributed by atoms with E-state index in [1.54, 1.807) is 83.8 Å². The quantitative estimate of drug-likeness (QED) is 0.0133. The molecule has 13 aromatic heterocycles. The Labute approximate surface area is 899 Å². The zero-order valence-corrected chi connectivity index (χ0v) is 90.0. The minimum absolute atomic E-state index is 0. The van der Waals surface area contributed by atoms with Crippen molar-refractivity contribution in [3.63, 3.8) is 0 Å². The van der Waals surface area contributed by atoms with Gasteiger partial charge in [-0.15, -0.1) is 0 Å². The van der Waals surface area contributed by atoms with Gasteiger partial charge in [0, 0.05) is 152 Å². The molecule has 0 fully saturated rings. The van der Waals surface area contributed by atoms with E-state index >= 15 is 0 Å². The average molecular weight is 2350 g/mol. The molecule has 0 bridgehead atoms. The van der Waals surface area contributed by atoms with Crippen LogP contribution in [0, 0.1) is 61.6 Å². The van der Waals surface area contributed by atoms with Crippen LogP contribution in [0.25, 0.3) is 35.3 Å². The van der Waals surface area contributed by atoms with Gasteiger partial charge in [-0.1, -0.05) is 66.5 Å². The molecule has 770 valence electrons. The zero-order valence-electron chi connectivity index (χ0n) is 76.0. The molecule has 58 heteroatoms. The summed E-state index contributed by atoms with van der Waals surface area (Å²) in [6.45, 7) is 15.8. The number of nitrogens with two attached hydrogens (primary N) is 2. The van der Waals surface area contributed by atoms with Crippen molar-refractivity contribution < 1.29 is 59.6 Å². The smallest absolute Gasteiger partial charge is 0.353 e. The number of rotatable bonds is 14. The van der Waals surface area contributed by atoms with E-state index in [0.29, 0.717) is 34.1 Å². The van der Waals surface area contributed by atoms with Crippen LogP contribution in [0.3, 0.4) is 0 Å². The third-order valence-electron chi connectivity index (χ3n) is 16.6. The number of benzene rings is 4. The maximum Gasteiger partial charge on any atom is 0.353 e. The van der Waals surface area contributed by atoms with Crippen LogP contribution in [-0.2, 0) is 56.8 Å². The van der Waals surface area contributed by atoms with Gasteiger partial charge in [0.1, 0.15) is 57.6 Å². The molecule has 18 rings (SSSR count). The summed E-state index contributed by atoms with van der Waals surface area (Å²) in [6.07, 6.45) is 32.2. The molecule has 1 aliphatic heterocycles. The number of hydrogen-bond acceptors (Lipinski definition) is 30. The lowest BCUT2D eigenvalue weighted by Gasteiger charge is -2.12. The number of allylic oxidation sites excluding steroid dienone is 2. The SMILES string of the molecule is C.Cc1cc(C)cc(N)c1.Cc1cc(C)cc(N)c1.Cc1cc(C)cc(NS(=O)(=O)c2cccn2-c2ccnc(Cl)n2)c1.Cc1cc(C)cc(NS(=O)(=O)c2cccn2-c2nccc(Cl)n2)c1.Clc1ccnc(Cl)n1.Clc1nccc(-n2cccc2)n1.Clc1ncnc(-n2cccc2)n1.O=S(=O)(Cl)c1cccn1-c1ccnc(Cl)n1.O=S(=O)(Cl)c1cccn1-c1nccc(Cl)n1.O=S(=O)(O)Cl.O=S(=O)(O)Cl.[C+]1=CC=CN1. The molecule has 0 radical (unpaired) electrons. The first kappa shape index (κ1) is 122. The molecule has 0 amide bonds. The molecule has 0 aliphatic carbocycles. The van der Waals surface area contributed by atoms with Crippen LogP contribution >= 0.6 is 136 Å². The van der Waals surface area contributed by atoms with Crippen molar-refractivity contribution in [2.75, 3.05) is 20.9 Å². The fourth-order valence-corrected chi connectivity index (χ4v) is 17.2. The van der Waals surface area contributed by atoms with Crippen LogP contribution in [-0.4, -0.2) is 162 Å². The highest BCUT2D eigenvalue weighted by molar-refractivity contribution is 8.14. The summed E-state index contributed by atoms with van der Waals surface area (Å²) in [5, 5.41) is 4.21. The van der Waals surface area contributed by atoms with Gasteiger partial charge >= 0.3 is 18.7 Å². The summed E-state index contributed by atoms with van der Waals surface area (Å²) >= 11 is 44.9. The number of nitrogens with zero attached hydrogens (tertiary/aromatic N) is 21. The molecule has 14 heterocycles. The second kappa shape index (κ2) is 58.2. The summed E-state index contributed by atoms with van der Waals surface area (Å²) in [5.74, 6) is 2.36. The highest BCUT2D eigenvalue weighted by Crippen LogP contribution is 2.27. The number of halogens is 12. The summed E-state index contributed by atoms with van der Waals surface area (Å²) in [7, 11) is -5.00. The standard InChI is InChI=1S/2C16H15ClN4O2S.2C8H5Cl2N3O2S.C8H6ClN3.2C8H11N.C7H5ClN4.C4H2Cl2N2.C4H4N.CH4.2ClHO3S/c1-11-8-12(2)10-13(9-11)20-24(22,23)15-4-3-7-21(15)14-5-6-18-16(17)19-14;1-11-8-12(2)10-13(9-11)20-24(22,23)15-4-3-7-21(15)16-18-6-5-14(17)19-16;9-8-11-4-3-6(12-8)13-5-1-2-7(13)16(10,14)15;9-6-3-4-11-8(12-6)13-5-1-2-7(13)16(10,14)15;9-8-10-4-3-7(11-8)12-5-1-2-6-12;2*1-6-3-7(2)5-8(9)4-6;8-6-9-5-10-7(11-6)12-3-1-2-4-12;5-3-1-2-7-4(6)8-3;1-2-4-5-3-1;;2*1-5(2,3)4/h2*3-10,20H,1-2H3;2*1-5H;1-6H;2*3-5H,9H2,1-2H3;1-5H;1-2H;1-3,5H;1H4;2*(H,2,3,4)/q;;;;;;;;;+1;;;. The van der Waals surface area contributed by atoms with Gasteiger partial charge in [0.15, 0.2) is 26.3 Å². The molecular weight excluding hydrogens is 2260 g/mol. The second-order valence-electron chi connectivity index (χ2n) is 28.5. The molecule has 0 spiro atoms. The number of sulfonamides is 2. The first-order chi connectivity index (χ1) is 68.0. The Bertz CT molecular complexity index is 7380. The lowest BCUT2D eigenvalue weighted by molar-refractivity contribution is 0.499. The molecule has 4 aromatic carbocycles. The first-order valence-corrected chi connectivity index (χ1v) is 55.2. The topological polar surface area (TPSA) is 556 Å². The third kappa shape index (κ3) is 45.3.